The number of hydrogen-bond donors (Lipinski definition) is 1. The first-order chi connectivity index (χ1) is 14.1. The average molecular weight is 440 g/mol. The Morgan fingerprint density at radius 2 is 1.84 bits per heavy atom. The van der Waals surface area contributed by atoms with E-state index in [-0.39, 0.29) is 27.9 Å². The summed E-state index contributed by atoms with van der Waals surface area (Å²) in [5.74, 6) is 0.0864. The van der Waals surface area contributed by atoms with Gasteiger partial charge in [0.25, 0.3) is 0 Å². The van der Waals surface area contributed by atoms with Gasteiger partial charge in [-0.25, -0.2) is 0 Å². The largest absolute Gasteiger partial charge is 0.413 e. The molecule has 3 nitrogen and oxygen atoms in total. The lowest BCUT2D eigenvalue weighted by atomic mass is 9.50. The van der Waals surface area contributed by atoms with Crippen LogP contribution in [0.2, 0.25) is 18.1 Å². The van der Waals surface area contributed by atoms with Gasteiger partial charge in [-0.15, -0.1) is 6.58 Å². The van der Waals surface area contributed by atoms with Gasteiger partial charge in [-0.1, -0.05) is 59.8 Å². The number of aryl methyl sites for hydroxylation is 1. The molecule has 2 aliphatic carbocycles. The first-order valence-corrected chi connectivity index (χ1v) is 14.6. The summed E-state index contributed by atoms with van der Waals surface area (Å²) in [4.78, 5) is 0. The van der Waals surface area contributed by atoms with E-state index < -0.39 is 13.9 Å². The monoisotopic (exact) mass is 439 g/mol. The van der Waals surface area contributed by atoms with E-state index in [1.54, 1.807) is 0 Å². The Kier molecular flexibility index (Phi) is 4.85. The molecule has 1 aromatic heterocycles. The highest BCUT2D eigenvalue weighted by Crippen LogP contribution is 2.62. The van der Waals surface area contributed by atoms with Crippen molar-refractivity contribution in [2.24, 2.45) is 18.4 Å². The molecule has 1 N–H and O–H groups in total. The third-order valence-electron chi connectivity index (χ3n) is 9.17. The van der Waals surface area contributed by atoms with Crippen LogP contribution in [0.25, 0.3) is 10.9 Å². The summed E-state index contributed by atoms with van der Waals surface area (Å²) >= 11 is 0. The van der Waals surface area contributed by atoms with Crippen LogP contribution < -0.4 is 0 Å². The van der Waals surface area contributed by atoms with Crippen molar-refractivity contribution in [1.82, 2.24) is 4.57 Å². The van der Waals surface area contributed by atoms with E-state index in [9.17, 15) is 5.11 Å². The molecule has 0 spiro atoms. The zero-order chi connectivity index (χ0) is 23.2. The molecule has 2 aromatic rings. The Labute approximate surface area is 189 Å². The second-order valence-electron chi connectivity index (χ2n) is 12.5. The minimum Gasteiger partial charge on any atom is -0.413 e. The highest BCUT2D eigenvalue weighted by Gasteiger charge is 2.61. The Bertz CT molecular complexity index is 1040. The van der Waals surface area contributed by atoms with Crippen molar-refractivity contribution in [3.63, 3.8) is 0 Å². The summed E-state index contributed by atoms with van der Waals surface area (Å²) in [6.07, 6.45) is 5.75. The SMILES string of the molecule is C=C[C@]1(C)C[C@@]2(O)c3cn(C)c4cccc(c34)C(C)(C)[C@@H]2C[C@H]1O[Si](C)(C)C(C)(C)C. The van der Waals surface area contributed by atoms with E-state index in [2.05, 4.69) is 97.2 Å². The van der Waals surface area contributed by atoms with Crippen molar-refractivity contribution < 1.29 is 9.53 Å². The molecule has 0 unspecified atom stereocenters. The van der Waals surface area contributed by atoms with E-state index in [0.29, 0.717) is 6.42 Å². The van der Waals surface area contributed by atoms with E-state index in [4.69, 9.17) is 4.43 Å². The zero-order valence-electron chi connectivity index (χ0n) is 21.0. The predicted molar refractivity (Wildman–Crippen MR) is 133 cm³/mol. The van der Waals surface area contributed by atoms with Crippen molar-refractivity contribution >= 4 is 19.2 Å². The second-order valence-corrected chi connectivity index (χ2v) is 17.3. The fourth-order valence-corrected chi connectivity index (χ4v) is 7.52. The molecule has 0 aliphatic heterocycles. The normalized spacial score (nSPS) is 32.7. The molecule has 1 fully saturated rings. The molecule has 170 valence electrons. The zero-order valence-corrected chi connectivity index (χ0v) is 22.0. The molecule has 0 radical (unpaired) electrons. The van der Waals surface area contributed by atoms with Crippen molar-refractivity contribution in [1.29, 1.82) is 0 Å². The molecular formula is C27H41NO2Si. The maximum Gasteiger partial charge on any atom is 0.192 e. The number of nitrogens with zero attached hydrogens (tertiary/aromatic N) is 1. The standard InChI is InChI=1S/C27H41NO2Si/c1-11-26(7)17-27(29)19-16-28(8)20-14-12-13-18(23(19)20)25(5,6)21(27)15-22(26)30-31(9,10)24(2,3)4/h11-14,16,21-22,29H,1,15,17H2,2-10H3/t21-,22+,26+,27+/m0/s1. The van der Waals surface area contributed by atoms with Crippen LogP contribution in [-0.4, -0.2) is 24.1 Å². The minimum absolute atomic E-state index is 0.0555. The molecule has 1 saturated carbocycles. The summed E-state index contributed by atoms with van der Waals surface area (Å²) in [6, 6.07) is 6.59. The summed E-state index contributed by atoms with van der Waals surface area (Å²) in [7, 11) is 0.114. The van der Waals surface area contributed by atoms with E-state index >= 15 is 0 Å². The molecule has 4 heteroatoms. The van der Waals surface area contributed by atoms with Crippen LogP contribution in [0, 0.1) is 11.3 Å². The number of aromatic nitrogens is 1. The molecular weight excluding hydrogens is 398 g/mol. The van der Waals surface area contributed by atoms with Gasteiger partial charge in [0.2, 0.25) is 0 Å². The maximum atomic E-state index is 12.4. The lowest BCUT2D eigenvalue weighted by Gasteiger charge is -2.59. The first-order valence-electron chi connectivity index (χ1n) is 11.7. The topological polar surface area (TPSA) is 34.4 Å². The van der Waals surface area contributed by atoms with Gasteiger partial charge in [-0.3, -0.25) is 0 Å². The van der Waals surface area contributed by atoms with Crippen molar-refractivity contribution in [2.75, 3.05) is 0 Å². The maximum absolute atomic E-state index is 12.4. The molecule has 0 bridgehead atoms. The smallest absolute Gasteiger partial charge is 0.192 e. The first kappa shape index (κ1) is 22.8. The third-order valence-corrected chi connectivity index (χ3v) is 13.7. The Morgan fingerprint density at radius 1 is 1.19 bits per heavy atom. The van der Waals surface area contributed by atoms with Crippen molar-refractivity contribution in [3.05, 3.63) is 48.2 Å². The summed E-state index contributed by atoms with van der Waals surface area (Å²) < 4.78 is 9.23. The lowest BCUT2D eigenvalue weighted by molar-refractivity contribution is -0.149. The summed E-state index contributed by atoms with van der Waals surface area (Å²) in [5, 5.41) is 13.8. The molecule has 2 aliphatic rings. The van der Waals surface area contributed by atoms with Gasteiger partial charge >= 0.3 is 0 Å². The van der Waals surface area contributed by atoms with Crippen LogP contribution in [0.5, 0.6) is 0 Å². The molecule has 1 aromatic carbocycles. The Hall–Kier alpha value is -1.36. The van der Waals surface area contributed by atoms with Gasteiger partial charge in [0.05, 0.1) is 11.7 Å². The summed E-state index contributed by atoms with van der Waals surface area (Å²) in [5.41, 5.74) is 2.30. The fraction of sp³-hybridized carbons (Fsp3) is 0.630. The number of aliphatic hydroxyl groups is 1. The van der Waals surface area contributed by atoms with Crippen LogP contribution >= 0.6 is 0 Å². The van der Waals surface area contributed by atoms with Gasteiger partial charge in [-0.05, 0) is 48.0 Å². The average Bonchev–Trinajstić information content (AvgIpc) is 2.99. The molecule has 1 heterocycles. The Balaban J connectivity index is 1.88. The second kappa shape index (κ2) is 6.58. The summed E-state index contributed by atoms with van der Waals surface area (Å²) in [6.45, 7) is 22.6. The van der Waals surface area contributed by atoms with Gasteiger partial charge in [-0.2, -0.15) is 0 Å². The molecule has 4 atom stereocenters. The molecule has 0 amide bonds. The third kappa shape index (κ3) is 3.05. The van der Waals surface area contributed by atoms with Crippen LogP contribution in [0.1, 0.15) is 65.5 Å². The number of fused-ring (bicyclic) bond motifs is 2. The van der Waals surface area contributed by atoms with Crippen LogP contribution in [0.4, 0.5) is 0 Å². The quantitative estimate of drug-likeness (QED) is 0.429. The van der Waals surface area contributed by atoms with Crippen LogP contribution in [0.3, 0.4) is 0 Å². The van der Waals surface area contributed by atoms with Crippen LogP contribution in [-0.2, 0) is 22.5 Å². The van der Waals surface area contributed by atoms with E-state index in [1.165, 1.54) is 16.5 Å². The van der Waals surface area contributed by atoms with Gasteiger partial charge < -0.3 is 14.1 Å². The number of rotatable bonds is 3. The van der Waals surface area contributed by atoms with Gasteiger partial charge in [0, 0.05) is 41.0 Å². The van der Waals surface area contributed by atoms with Gasteiger partial charge in [0.15, 0.2) is 8.32 Å². The van der Waals surface area contributed by atoms with Gasteiger partial charge in [0.1, 0.15) is 0 Å². The Morgan fingerprint density at radius 3 is 2.42 bits per heavy atom. The number of benzene rings is 1. The van der Waals surface area contributed by atoms with Crippen LogP contribution in [0.15, 0.2) is 37.1 Å². The van der Waals surface area contributed by atoms with E-state index in [1.807, 2.05) is 6.08 Å². The lowest BCUT2D eigenvalue weighted by Crippen LogP contribution is -2.60. The highest BCUT2D eigenvalue weighted by atomic mass is 28.4. The number of hydrogen-bond acceptors (Lipinski definition) is 2. The van der Waals surface area contributed by atoms with Crippen molar-refractivity contribution in [2.45, 2.75) is 89.6 Å². The minimum atomic E-state index is -1.97. The molecule has 31 heavy (non-hydrogen) atoms. The van der Waals surface area contributed by atoms with Crippen molar-refractivity contribution in [3.8, 4) is 0 Å². The van der Waals surface area contributed by atoms with E-state index in [0.717, 1.165) is 12.0 Å². The molecule has 0 saturated heterocycles. The predicted octanol–water partition coefficient (Wildman–Crippen LogP) is 6.65. The molecule has 4 rings (SSSR count). The highest BCUT2D eigenvalue weighted by molar-refractivity contribution is 6.74. The fourth-order valence-electron chi connectivity index (χ4n) is 6.09.